The van der Waals surface area contributed by atoms with Gasteiger partial charge in [0.15, 0.2) is 10.8 Å². The van der Waals surface area contributed by atoms with Gasteiger partial charge >= 0.3 is 12.1 Å². The van der Waals surface area contributed by atoms with Crippen LogP contribution >= 0.6 is 11.3 Å². The summed E-state index contributed by atoms with van der Waals surface area (Å²) in [6.07, 6.45) is -2.00. The second kappa shape index (κ2) is 6.18. The van der Waals surface area contributed by atoms with E-state index in [4.69, 9.17) is 5.11 Å². The van der Waals surface area contributed by atoms with Gasteiger partial charge in [-0.15, -0.1) is 11.3 Å². The van der Waals surface area contributed by atoms with Gasteiger partial charge in [0.05, 0.1) is 11.1 Å². The van der Waals surface area contributed by atoms with Crippen molar-refractivity contribution in [3.8, 4) is 5.13 Å². The van der Waals surface area contributed by atoms with Crippen LogP contribution in [0.4, 0.5) is 13.2 Å². The Morgan fingerprint density at radius 2 is 2.08 bits per heavy atom. The number of carboxylic acid groups (broad SMARTS) is 1. The number of aromatic carboxylic acids is 1. The van der Waals surface area contributed by atoms with E-state index in [2.05, 4.69) is 4.98 Å². The van der Waals surface area contributed by atoms with Crippen LogP contribution in [0.3, 0.4) is 0 Å². The molecule has 0 saturated heterocycles. The van der Waals surface area contributed by atoms with Gasteiger partial charge in [0.1, 0.15) is 0 Å². The molecule has 25 heavy (non-hydrogen) atoms. The number of carboxylic acids is 1. The molecule has 1 N–H and O–H groups in total. The molecule has 2 aromatic heterocycles. The third kappa shape index (κ3) is 3.39. The van der Waals surface area contributed by atoms with Crippen LogP contribution in [0.2, 0.25) is 0 Å². The van der Waals surface area contributed by atoms with Gasteiger partial charge in [-0.3, -0.25) is 4.57 Å². The van der Waals surface area contributed by atoms with Crippen molar-refractivity contribution in [3.63, 3.8) is 0 Å². The molecule has 0 saturated carbocycles. The number of benzene rings is 1. The molecule has 8 heteroatoms. The molecular formula is C17H15F3N2O2S. The molecule has 2 heterocycles. The Labute approximate surface area is 145 Å². The lowest BCUT2D eigenvalue weighted by molar-refractivity contribution is -0.137. The van der Waals surface area contributed by atoms with Gasteiger partial charge in [0.25, 0.3) is 0 Å². The SMILES string of the molecule is CC(C)Cc1cn(-c2nc(C(=O)O)cs2)c2cc(C(F)(F)F)ccc12. The van der Waals surface area contributed by atoms with E-state index in [9.17, 15) is 18.0 Å². The predicted molar refractivity (Wildman–Crippen MR) is 89.5 cm³/mol. The highest BCUT2D eigenvalue weighted by Crippen LogP contribution is 2.35. The summed E-state index contributed by atoms with van der Waals surface area (Å²) in [4.78, 5) is 15.0. The summed E-state index contributed by atoms with van der Waals surface area (Å²) in [5.41, 5.74) is 0.409. The molecule has 0 amide bonds. The van der Waals surface area contributed by atoms with E-state index < -0.39 is 17.7 Å². The fourth-order valence-electron chi connectivity index (χ4n) is 2.71. The minimum absolute atomic E-state index is 0.126. The van der Waals surface area contributed by atoms with E-state index in [1.807, 2.05) is 13.8 Å². The van der Waals surface area contributed by atoms with Gasteiger partial charge in [-0.2, -0.15) is 13.2 Å². The quantitative estimate of drug-likeness (QED) is 0.705. The Hall–Kier alpha value is -2.35. The number of fused-ring (bicyclic) bond motifs is 1. The predicted octanol–water partition coefficient (Wildman–Crippen LogP) is 5.00. The van der Waals surface area contributed by atoms with Gasteiger partial charge in [-0.05, 0) is 30.0 Å². The maximum atomic E-state index is 13.1. The summed E-state index contributed by atoms with van der Waals surface area (Å²) in [7, 11) is 0. The molecule has 0 aliphatic rings. The van der Waals surface area contributed by atoms with Crippen LogP contribution in [0.5, 0.6) is 0 Å². The Kier molecular flexibility index (Phi) is 4.32. The maximum absolute atomic E-state index is 13.1. The van der Waals surface area contributed by atoms with Crippen LogP contribution in [0.15, 0.2) is 29.8 Å². The summed E-state index contributed by atoms with van der Waals surface area (Å²) >= 11 is 1.08. The minimum Gasteiger partial charge on any atom is -0.476 e. The van der Waals surface area contributed by atoms with Crippen molar-refractivity contribution in [2.24, 2.45) is 5.92 Å². The van der Waals surface area contributed by atoms with E-state index in [0.717, 1.165) is 29.0 Å². The van der Waals surface area contributed by atoms with Crippen molar-refractivity contribution in [2.45, 2.75) is 26.4 Å². The summed E-state index contributed by atoms with van der Waals surface area (Å²) in [5.74, 6) is -0.843. The van der Waals surface area contributed by atoms with Gasteiger partial charge in [0.2, 0.25) is 0 Å². The summed E-state index contributed by atoms with van der Waals surface area (Å²) in [6, 6.07) is 3.63. The van der Waals surface area contributed by atoms with Crippen molar-refractivity contribution in [3.05, 3.63) is 46.6 Å². The maximum Gasteiger partial charge on any atom is 0.416 e. The normalized spacial score (nSPS) is 12.2. The topological polar surface area (TPSA) is 55.1 Å². The molecule has 0 bridgehead atoms. The number of nitrogens with zero attached hydrogens (tertiary/aromatic N) is 2. The van der Waals surface area contributed by atoms with Crippen LogP contribution in [-0.4, -0.2) is 20.6 Å². The molecule has 0 spiro atoms. The third-order valence-corrected chi connectivity index (χ3v) is 4.60. The number of alkyl halides is 3. The molecule has 0 aliphatic carbocycles. The Bertz CT molecular complexity index is 941. The fraction of sp³-hybridized carbons (Fsp3) is 0.294. The molecule has 4 nitrogen and oxygen atoms in total. The second-order valence-electron chi connectivity index (χ2n) is 6.17. The molecule has 3 rings (SSSR count). The summed E-state index contributed by atoms with van der Waals surface area (Å²) < 4.78 is 40.8. The zero-order valence-electron chi connectivity index (χ0n) is 13.5. The zero-order chi connectivity index (χ0) is 18.4. The van der Waals surface area contributed by atoms with E-state index in [-0.39, 0.29) is 5.69 Å². The third-order valence-electron chi connectivity index (χ3n) is 3.76. The van der Waals surface area contributed by atoms with E-state index in [0.29, 0.717) is 28.4 Å². The average Bonchev–Trinajstić information content (AvgIpc) is 3.10. The fourth-order valence-corrected chi connectivity index (χ4v) is 3.49. The first-order valence-electron chi connectivity index (χ1n) is 7.57. The van der Waals surface area contributed by atoms with Crippen molar-refractivity contribution in [2.75, 3.05) is 0 Å². The van der Waals surface area contributed by atoms with E-state index in [1.54, 1.807) is 10.8 Å². The monoisotopic (exact) mass is 368 g/mol. The largest absolute Gasteiger partial charge is 0.476 e. The zero-order valence-corrected chi connectivity index (χ0v) is 14.3. The first kappa shape index (κ1) is 17.5. The Morgan fingerprint density at radius 1 is 1.36 bits per heavy atom. The van der Waals surface area contributed by atoms with Crippen LogP contribution in [0.25, 0.3) is 16.0 Å². The van der Waals surface area contributed by atoms with Gasteiger partial charge in [0, 0.05) is 17.0 Å². The van der Waals surface area contributed by atoms with Crippen molar-refractivity contribution in [1.82, 2.24) is 9.55 Å². The standard InChI is InChI=1S/C17H15F3N2O2S/c1-9(2)5-10-7-22(16-21-13(8-25-16)15(23)24)14-6-11(17(18,19)20)3-4-12(10)14/h3-4,6-9H,5H2,1-2H3,(H,23,24). The number of thiazole rings is 1. The molecule has 3 aromatic rings. The molecule has 0 aliphatic heterocycles. The number of hydrogen-bond acceptors (Lipinski definition) is 3. The number of halogens is 3. The van der Waals surface area contributed by atoms with Crippen LogP contribution in [0, 0.1) is 5.92 Å². The highest BCUT2D eigenvalue weighted by atomic mass is 32.1. The van der Waals surface area contributed by atoms with Gasteiger partial charge in [-0.1, -0.05) is 19.9 Å². The van der Waals surface area contributed by atoms with Crippen molar-refractivity contribution >= 4 is 28.2 Å². The molecule has 132 valence electrons. The Balaban J connectivity index is 2.22. The van der Waals surface area contributed by atoms with E-state index in [1.165, 1.54) is 11.4 Å². The molecule has 0 fully saturated rings. The molecule has 0 atom stereocenters. The Morgan fingerprint density at radius 3 is 2.64 bits per heavy atom. The lowest BCUT2D eigenvalue weighted by atomic mass is 10.0. The highest BCUT2D eigenvalue weighted by molar-refractivity contribution is 7.12. The van der Waals surface area contributed by atoms with E-state index >= 15 is 0 Å². The lowest BCUT2D eigenvalue weighted by Crippen LogP contribution is -2.05. The van der Waals surface area contributed by atoms with Crippen molar-refractivity contribution in [1.29, 1.82) is 0 Å². The number of hydrogen-bond donors (Lipinski definition) is 1. The first-order chi connectivity index (χ1) is 11.7. The summed E-state index contributed by atoms with van der Waals surface area (Å²) in [6.45, 7) is 4.05. The highest BCUT2D eigenvalue weighted by Gasteiger charge is 2.31. The second-order valence-corrected chi connectivity index (χ2v) is 7.01. The van der Waals surface area contributed by atoms with Crippen LogP contribution in [0.1, 0.15) is 35.5 Å². The molecule has 1 aromatic carbocycles. The van der Waals surface area contributed by atoms with Crippen LogP contribution in [-0.2, 0) is 12.6 Å². The lowest BCUT2D eigenvalue weighted by Gasteiger charge is -2.08. The molecule has 0 radical (unpaired) electrons. The average molecular weight is 368 g/mol. The number of aromatic nitrogens is 2. The van der Waals surface area contributed by atoms with Gasteiger partial charge < -0.3 is 5.11 Å². The smallest absolute Gasteiger partial charge is 0.416 e. The minimum atomic E-state index is -4.45. The number of rotatable bonds is 4. The number of carbonyl (C=O) groups is 1. The van der Waals surface area contributed by atoms with Crippen LogP contribution < -0.4 is 0 Å². The first-order valence-corrected chi connectivity index (χ1v) is 8.45. The van der Waals surface area contributed by atoms with Crippen molar-refractivity contribution < 1.29 is 23.1 Å². The summed E-state index contributed by atoms with van der Waals surface area (Å²) in [5, 5.41) is 11.4. The molecule has 0 unspecified atom stereocenters. The van der Waals surface area contributed by atoms with Gasteiger partial charge in [-0.25, -0.2) is 9.78 Å². The molecular weight excluding hydrogens is 353 g/mol.